The van der Waals surface area contributed by atoms with Crippen LogP contribution in [0, 0.1) is 0 Å². The lowest BCUT2D eigenvalue weighted by Gasteiger charge is -2.28. The zero-order valence-electron chi connectivity index (χ0n) is 18.7. The Labute approximate surface area is 202 Å². The molecule has 3 N–H and O–H groups in total. The highest BCUT2D eigenvalue weighted by Crippen LogP contribution is 2.30. The Kier molecular flexibility index (Phi) is 6.60. The van der Waals surface area contributed by atoms with Gasteiger partial charge in [0.15, 0.2) is 5.13 Å². The van der Waals surface area contributed by atoms with Gasteiger partial charge in [-0.3, -0.25) is 4.79 Å². The molecule has 0 bridgehead atoms. The van der Waals surface area contributed by atoms with Crippen LogP contribution in [0.15, 0.2) is 66.7 Å². The maximum Gasteiger partial charge on any atom is 0.251 e. The predicted molar refractivity (Wildman–Crippen MR) is 137 cm³/mol. The first-order valence-corrected chi connectivity index (χ1v) is 12.1. The van der Waals surface area contributed by atoms with Gasteiger partial charge in [-0.25, -0.2) is 4.98 Å². The van der Waals surface area contributed by atoms with Crippen molar-refractivity contribution in [2.75, 3.05) is 43.1 Å². The Morgan fingerprint density at radius 2 is 1.79 bits per heavy atom. The highest BCUT2D eigenvalue weighted by atomic mass is 32.1. The summed E-state index contributed by atoms with van der Waals surface area (Å²) in [6, 6.07) is 20.9. The topological polar surface area (TPSA) is 86.7 Å². The molecule has 1 aliphatic heterocycles. The molecule has 1 saturated heterocycles. The average Bonchev–Trinajstić information content (AvgIpc) is 3.27. The van der Waals surface area contributed by atoms with Gasteiger partial charge >= 0.3 is 0 Å². The summed E-state index contributed by atoms with van der Waals surface area (Å²) in [5.74, 6) is 0.131. The first-order chi connectivity index (χ1) is 16.6. The van der Waals surface area contributed by atoms with E-state index in [-0.39, 0.29) is 11.7 Å². The Morgan fingerprint density at radius 3 is 2.56 bits per heavy atom. The normalized spacial score (nSPS) is 13.7. The van der Waals surface area contributed by atoms with Crippen LogP contribution in [-0.2, 0) is 11.2 Å². The molecule has 1 aromatic heterocycles. The number of benzene rings is 3. The molecule has 0 aliphatic carbocycles. The molecule has 0 unspecified atom stereocenters. The Hall–Kier alpha value is -3.62. The number of fused-ring (bicyclic) bond motifs is 1. The fraction of sp³-hybridized carbons (Fsp3) is 0.231. The molecule has 0 saturated carbocycles. The summed E-state index contributed by atoms with van der Waals surface area (Å²) in [4.78, 5) is 19.6. The molecule has 0 atom stereocenters. The minimum Gasteiger partial charge on any atom is -0.508 e. The van der Waals surface area contributed by atoms with Crippen LogP contribution in [0.3, 0.4) is 0 Å². The maximum atomic E-state index is 12.6. The number of phenolic OH excluding ortho intramolecular Hbond substituents is 1. The Morgan fingerprint density at radius 1 is 1.03 bits per heavy atom. The number of anilines is 3. The van der Waals surface area contributed by atoms with Gasteiger partial charge in [0.2, 0.25) is 0 Å². The van der Waals surface area contributed by atoms with Crippen molar-refractivity contribution in [1.29, 1.82) is 0 Å². The second-order valence-electron chi connectivity index (χ2n) is 8.15. The van der Waals surface area contributed by atoms with E-state index in [1.807, 2.05) is 24.3 Å². The third-order valence-corrected chi connectivity index (χ3v) is 6.71. The van der Waals surface area contributed by atoms with Crippen LogP contribution in [-0.4, -0.2) is 48.8 Å². The molecule has 8 heteroatoms. The number of ether oxygens (including phenoxy) is 1. The van der Waals surface area contributed by atoms with Gasteiger partial charge in [0.25, 0.3) is 5.91 Å². The monoisotopic (exact) mass is 474 g/mol. The highest BCUT2D eigenvalue weighted by Gasteiger charge is 2.12. The minimum absolute atomic E-state index is 0.109. The van der Waals surface area contributed by atoms with Gasteiger partial charge in [-0.15, -0.1) is 0 Å². The summed E-state index contributed by atoms with van der Waals surface area (Å²) in [5, 5.41) is 16.5. The molecule has 7 nitrogen and oxygen atoms in total. The van der Waals surface area contributed by atoms with Gasteiger partial charge in [0.1, 0.15) is 5.75 Å². The molecule has 2 heterocycles. The Balaban J connectivity index is 1.20. The van der Waals surface area contributed by atoms with E-state index in [0.717, 1.165) is 52.9 Å². The van der Waals surface area contributed by atoms with Gasteiger partial charge in [0.05, 0.1) is 23.4 Å². The second-order valence-corrected chi connectivity index (χ2v) is 9.18. The summed E-state index contributed by atoms with van der Waals surface area (Å²) < 4.78 is 6.38. The van der Waals surface area contributed by atoms with E-state index in [1.54, 1.807) is 18.2 Å². The van der Waals surface area contributed by atoms with Crippen LogP contribution in [0.5, 0.6) is 5.75 Å². The molecular weight excluding hydrogens is 448 g/mol. The lowest BCUT2D eigenvalue weighted by Crippen LogP contribution is -2.36. The third kappa shape index (κ3) is 5.30. The van der Waals surface area contributed by atoms with E-state index in [0.29, 0.717) is 18.5 Å². The molecular formula is C26H26N4O3S. The van der Waals surface area contributed by atoms with Crippen molar-refractivity contribution < 1.29 is 14.6 Å². The molecule has 0 spiro atoms. The molecule has 0 radical (unpaired) electrons. The first kappa shape index (κ1) is 22.2. The fourth-order valence-corrected chi connectivity index (χ4v) is 4.83. The molecule has 3 aromatic carbocycles. The lowest BCUT2D eigenvalue weighted by molar-refractivity contribution is 0.0954. The molecule has 4 aromatic rings. The number of hydrogen-bond donors (Lipinski definition) is 3. The first-order valence-electron chi connectivity index (χ1n) is 11.3. The predicted octanol–water partition coefficient (Wildman–Crippen LogP) is 4.55. The number of thiazole rings is 1. The standard InChI is InChI=1S/C26H26N4O3S/c31-22-8-1-18(2-9-22)11-12-27-25(32)19-3-10-23-24(17-19)34-26(29-23)28-20-4-6-21(7-5-20)30-13-15-33-16-14-30/h1-10,17,31H,11-16H2,(H,27,32)(H,28,29). The van der Waals surface area contributed by atoms with Crippen molar-refractivity contribution in [2.24, 2.45) is 0 Å². The van der Waals surface area contributed by atoms with Crippen molar-refractivity contribution in [3.05, 3.63) is 77.9 Å². The summed E-state index contributed by atoms with van der Waals surface area (Å²) in [7, 11) is 0. The number of phenols is 1. The van der Waals surface area contributed by atoms with E-state index in [1.165, 1.54) is 17.0 Å². The number of amides is 1. The van der Waals surface area contributed by atoms with Gasteiger partial charge < -0.3 is 25.4 Å². The number of aromatic nitrogens is 1. The quantitative estimate of drug-likeness (QED) is 0.364. The molecule has 174 valence electrons. The van der Waals surface area contributed by atoms with E-state index in [9.17, 15) is 9.90 Å². The van der Waals surface area contributed by atoms with Crippen molar-refractivity contribution in [3.8, 4) is 5.75 Å². The largest absolute Gasteiger partial charge is 0.508 e. The lowest BCUT2D eigenvalue weighted by atomic mass is 10.1. The zero-order chi connectivity index (χ0) is 23.3. The molecule has 1 amide bonds. The molecule has 1 aliphatic rings. The van der Waals surface area contributed by atoms with Crippen LogP contribution < -0.4 is 15.5 Å². The van der Waals surface area contributed by atoms with E-state index < -0.39 is 0 Å². The second kappa shape index (κ2) is 10.1. The fourth-order valence-electron chi connectivity index (χ4n) is 3.90. The highest BCUT2D eigenvalue weighted by molar-refractivity contribution is 7.22. The number of nitrogens with zero attached hydrogens (tertiary/aromatic N) is 2. The zero-order valence-corrected chi connectivity index (χ0v) is 19.5. The average molecular weight is 475 g/mol. The summed E-state index contributed by atoms with van der Waals surface area (Å²) in [6.45, 7) is 3.89. The molecule has 34 heavy (non-hydrogen) atoms. The van der Waals surface area contributed by atoms with Crippen molar-refractivity contribution in [3.63, 3.8) is 0 Å². The number of hydrogen-bond acceptors (Lipinski definition) is 7. The van der Waals surface area contributed by atoms with Crippen molar-refractivity contribution >= 4 is 44.0 Å². The number of rotatable bonds is 7. The van der Waals surface area contributed by atoms with E-state index >= 15 is 0 Å². The van der Waals surface area contributed by atoms with Crippen LogP contribution in [0.2, 0.25) is 0 Å². The van der Waals surface area contributed by atoms with Crippen LogP contribution in [0.1, 0.15) is 15.9 Å². The minimum atomic E-state index is -0.109. The summed E-state index contributed by atoms with van der Waals surface area (Å²) in [5.41, 5.74) is 4.70. The van der Waals surface area contributed by atoms with E-state index in [4.69, 9.17) is 4.74 Å². The number of carbonyl (C=O) groups excluding carboxylic acids is 1. The summed E-state index contributed by atoms with van der Waals surface area (Å²) >= 11 is 1.53. The SMILES string of the molecule is O=C(NCCc1ccc(O)cc1)c1ccc2nc(Nc3ccc(N4CCOCC4)cc3)sc2c1. The molecule has 1 fully saturated rings. The number of morpholine rings is 1. The Bertz CT molecular complexity index is 1270. The summed E-state index contributed by atoms with van der Waals surface area (Å²) in [6.07, 6.45) is 0.702. The number of nitrogens with one attached hydrogen (secondary N) is 2. The van der Waals surface area contributed by atoms with Gasteiger partial charge in [-0.05, 0) is 66.6 Å². The van der Waals surface area contributed by atoms with Gasteiger partial charge in [0, 0.05) is 36.6 Å². The van der Waals surface area contributed by atoms with Gasteiger partial charge in [-0.1, -0.05) is 23.5 Å². The number of aromatic hydroxyl groups is 1. The maximum absolute atomic E-state index is 12.6. The van der Waals surface area contributed by atoms with Crippen molar-refractivity contribution in [1.82, 2.24) is 10.3 Å². The van der Waals surface area contributed by atoms with Crippen LogP contribution in [0.4, 0.5) is 16.5 Å². The van der Waals surface area contributed by atoms with Crippen LogP contribution in [0.25, 0.3) is 10.2 Å². The van der Waals surface area contributed by atoms with Gasteiger partial charge in [-0.2, -0.15) is 0 Å². The van der Waals surface area contributed by atoms with Crippen LogP contribution >= 0.6 is 11.3 Å². The van der Waals surface area contributed by atoms with E-state index in [2.05, 4.69) is 44.8 Å². The number of carbonyl (C=O) groups is 1. The third-order valence-electron chi connectivity index (χ3n) is 5.78. The molecule has 5 rings (SSSR count). The van der Waals surface area contributed by atoms with Crippen molar-refractivity contribution in [2.45, 2.75) is 6.42 Å². The smallest absolute Gasteiger partial charge is 0.251 e.